The van der Waals surface area contributed by atoms with E-state index in [0.717, 1.165) is 4.90 Å². The Hall–Kier alpha value is -2.94. The third-order valence-corrected chi connectivity index (χ3v) is 4.80. The predicted molar refractivity (Wildman–Crippen MR) is 98.0 cm³/mol. The fraction of sp³-hybridized carbons (Fsp3) is 0.278. The number of thioether (sulfide) groups is 1. The first kappa shape index (κ1) is 18.8. The zero-order valence-corrected chi connectivity index (χ0v) is 15.6. The van der Waals surface area contributed by atoms with E-state index in [0.29, 0.717) is 16.3 Å². The third kappa shape index (κ3) is 3.37. The smallest absolute Gasteiger partial charge is 0.345 e. The van der Waals surface area contributed by atoms with Crippen LogP contribution < -0.4 is 5.56 Å². The van der Waals surface area contributed by atoms with E-state index in [1.807, 2.05) is 0 Å². The van der Waals surface area contributed by atoms with E-state index in [4.69, 9.17) is 4.74 Å². The maximum Gasteiger partial charge on any atom is 0.345 e. The van der Waals surface area contributed by atoms with Crippen molar-refractivity contribution in [3.63, 3.8) is 0 Å². The van der Waals surface area contributed by atoms with Gasteiger partial charge in [-0.15, -0.1) is 0 Å². The first-order chi connectivity index (χ1) is 13.0. The molecule has 1 aliphatic rings. The van der Waals surface area contributed by atoms with Crippen LogP contribution in [0.25, 0.3) is 0 Å². The van der Waals surface area contributed by atoms with Gasteiger partial charge in [-0.3, -0.25) is 23.9 Å². The summed E-state index contributed by atoms with van der Waals surface area (Å²) >= 11 is 1.23. The lowest BCUT2D eigenvalue weighted by molar-refractivity contribution is 0.0519. The first-order valence-electron chi connectivity index (χ1n) is 8.25. The van der Waals surface area contributed by atoms with Crippen LogP contribution in [0.4, 0.5) is 0 Å². The normalized spacial score (nSPS) is 13.0. The van der Waals surface area contributed by atoms with Gasteiger partial charge in [-0.1, -0.05) is 23.9 Å². The highest BCUT2D eigenvalue weighted by Crippen LogP contribution is 2.22. The highest BCUT2D eigenvalue weighted by Gasteiger charge is 2.35. The number of hydrogen-bond donors (Lipinski definition) is 0. The maximum absolute atomic E-state index is 12.7. The van der Waals surface area contributed by atoms with Gasteiger partial charge in [-0.05, 0) is 25.3 Å². The van der Waals surface area contributed by atoms with Crippen molar-refractivity contribution < 1.29 is 19.1 Å². The van der Waals surface area contributed by atoms with Crippen LogP contribution >= 0.6 is 11.8 Å². The van der Waals surface area contributed by atoms with E-state index in [2.05, 4.69) is 4.98 Å². The molecule has 0 unspecified atom stereocenters. The zero-order valence-electron chi connectivity index (χ0n) is 14.8. The number of rotatable bonds is 6. The molecule has 0 saturated heterocycles. The van der Waals surface area contributed by atoms with E-state index in [9.17, 15) is 19.2 Å². The second-order valence-electron chi connectivity index (χ2n) is 5.64. The van der Waals surface area contributed by atoms with Gasteiger partial charge >= 0.3 is 5.97 Å². The van der Waals surface area contributed by atoms with Crippen LogP contribution in [0, 0.1) is 0 Å². The van der Waals surface area contributed by atoms with Crippen LogP contribution in [0.2, 0.25) is 0 Å². The summed E-state index contributed by atoms with van der Waals surface area (Å²) in [6.07, 6.45) is 2.93. The van der Waals surface area contributed by atoms with E-state index in [-0.39, 0.29) is 25.3 Å². The number of benzene rings is 1. The summed E-state index contributed by atoms with van der Waals surface area (Å²) in [5.74, 6) is -1.55. The van der Waals surface area contributed by atoms with Crippen molar-refractivity contribution in [1.82, 2.24) is 14.5 Å². The molecule has 140 valence electrons. The molecule has 0 N–H and O–H groups in total. The van der Waals surface area contributed by atoms with Gasteiger partial charge in [0.1, 0.15) is 5.56 Å². The van der Waals surface area contributed by atoms with E-state index in [1.165, 1.54) is 22.5 Å². The summed E-state index contributed by atoms with van der Waals surface area (Å²) in [6.45, 7) is 1.80. The Morgan fingerprint density at radius 1 is 1.11 bits per heavy atom. The number of carbonyl (C=O) groups is 3. The molecule has 0 fully saturated rings. The molecule has 1 aliphatic heterocycles. The first-order valence-corrected chi connectivity index (χ1v) is 9.48. The predicted octanol–water partition coefficient (Wildman–Crippen LogP) is 1.44. The number of aromatic nitrogens is 2. The van der Waals surface area contributed by atoms with Crippen LogP contribution in [-0.4, -0.2) is 51.6 Å². The minimum atomic E-state index is -0.753. The van der Waals surface area contributed by atoms with Crippen molar-refractivity contribution in [2.24, 2.45) is 0 Å². The van der Waals surface area contributed by atoms with Crippen molar-refractivity contribution >= 4 is 29.5 Å². The largest absolute Gasteiger partial charge is 0.462 e. The third-order valence-electron chi connectivity index (χ3n) is 4.11. The Bertz CT molecular complexity index is 950. The molecule has 0 spiro atoms. The number of carbonyl (C=O) groups excluding carboxylic acids is 3. The summed E-state index contributed by atoms with van der Waals surface area (Å²) in [6, 6.07) is 6.57. The Morgan fingerprint density at radius 3 is 2.30 bits per heavy atom. The molecule has 1 aromatic carbocycles. The molecule has 8 nitrogen and oxygen atoms in total. The quantitative estimate of drug-likeness (QED) is 0.320. The Balaban J connectivity index is 1.87. The Labute approximate surface area is 159 Å². The lowest BCUT2D eigenvalue weighted by atomic mass is 10.1. The van der Waals surface area contributed by atoms with Gasteiger partial charge in [0, 0.05) is 19.3 Å². The minimum Gasteiger partial charge on any atom is -0.462 e. The minimum absolute atomic E-state index is 0.00618. The number of imide groups is 1. The second-order valence-corrected chi connectivity index (χ2v) is 6.42. The molecule has 2 amide bonds. The molecule has 9 heteroatoms. The van der Waals surface area contributed by atoms with E-state index < -0.39 is 23.3 Å². The summed E-state index contributed by atoms with van der Waals surface area (Å²) < 4.78 is 6.15. The molecule has 0 atom stereocenters. The number of esters is 1. The topological polar surface area (TPSA) is 98.6 Å². The van der Waals surface area contributed by atoms with E-state index >= 15 is 0 Å². The van der Waals surface area contributed by atoms with Crippen molar-refractivity contribution in [3.05, 3.63) is 57.5 Å². The zero-order chi connectivity index (χ0) is 19.6. The molecule has 1 aromatic heterocycles. The van der Waals surface area contributed by atoms with Gasteiger partial charge in [0.05, 0.1) is 17.7 Å². The maximum atomic E-state index is 12.7. The highest BCUT2D eigenvalue weighted by atomic mass is 32.2. The number of amides is 2. The van der Waals surface area contributed by atoms with Crippen molar-refractivity contribution in [2.45, 2.75) is 18.6 Å². The molecular formula is C18H17N3O5S. The van der Waals surface area contributed by atoms with Crippen LogP contribution in [-0.2, 0) is 11.3 Å². The van der Waals surface area contributed by atoms with Crippen molar-refractivity contribution in [2.75, 3.05) is 19.4 Å². The summed E-state index contributed by atoms with van der Waals surface area (Å²) in [7, 11) is 0. The molecule has 0 bridgehead atoms. The fourth-order valence-corrected chi connectivity index (χ4v) is 3.38. The summed E-state index contributed by atoms with van der Waals surface area (Å²) in [5.41, 5.74) is -0.0573. The lowest BCUT2D eigenvalue weighted by Crippen LogP contribution is -2.37. The van der Waals surface area contributed by atoms with Gasteiger partial charge in [0.2, 0.25) is 0 Å². The number of nitrogens with zero attached hydrogens (tertiary/aromatic N) is 3. The highest BCUT2D eigenvalue weighted by molar-refractivity contribution is 7.98. The van der Waals surface area contributed by atoms with Crippen molar-refractivity contribution in [3.8, 4) is 0 Å². The van der Waals surface area contributed by atoms with Gasteiger partial charge in [-0.2, -0.15) is 0 Å². The Morgan fingerprint density at radius 2 is 1.74 bits per heavy atom. The van der Waals surface area contributed by atoms with E-state index in [1.54, 1.807) is 37.4 Å². The molecule has 27 heavy (non-hydrogen) atoms. The van der Waals surface area contributed by atoms with Gasteiger partial charge in [-0.25, -0.2) is 9.78 Å². The molecule has 2 heterocycles. The van der Waals surface area contributed by atoms with Crippen LogP contribution in [0.5, 0.6) is 0 Å². The molecule has 3 rings (SSSR count). The molecule has 0 radical (unpaired) electrons. The SMILES string of the molecule is CCOC(=O)c1cnc(SC)n(CCN2C(=O)c3ccccc3C2=O)c1=O. The van der Waals surface area contributed by atoms with Crippen LogP contribution in [0.15, 0.2) is 40.4 Å². The average Bonchev–Trinajstić information content (AvgIpc) is 2.91. The second kappa shape index (κ2) is 7.75. The number of hydrogen-bond acceptors (Lipinski definition) is 7. The fourth-order valence-electron chi connectivity index (χ4n) is 2.83. The lowest BCUT2D eigenvalue weighted by Gasteiger charge is -2.16. The monoisotopic (exact) mass is 387 g/mol. The Kier molecular flexibility index (Phi) is 5.41. The van der Waals surface area contributed by atoms with Gasteiger partial charge in [0.25, 0.3) is 17.4 Å². The van der Waals surface area contributed by atoms with Gasteiger partial charge in [0.15, 0.2) is 5.16 Å². The molecule has 0 saturated carbocycles. The van der Waals surface area contributed by atoms with Crippen LogP contribution in [0.1, 0.15) is 38.0 Å². The van der Waals surface area contributed by atoms with Crippen LogP contribution in [0.3, 0.4) is 0 Å². The standard InChI is InChI=1S/C18H17N3O5S/c1-3-26-17(25)13-10-19-18(27-2)21(16(13)24)9-8-20-14(22)11-6-4-5-7-12(11)15(20)23/h4-7,10H,3,8-9H2,1-2H3. The van der Waals surface area contributed by atoms with Crippen molar-refractivity contribution in [1.29, 1.82) is 0 Å². The average molecular weight is 387 g/mol. The summed E-state index contributed by atoms with van der Waals surface area (Å²) in [5, 5.41) is 0.379. The number of fused-ring (bicyclic) bond motifs is 1. The molecular weight excluding hydrogens is 370 g/mol. The summed E-state index contributed by atoms with van der Waals surface area (Å²) in [4.78, 5) is 54.7. The molecule has 0 aliphatic carbocycles. The molecule has 2 aromatic rings. The number of ether oxygens (including phenoxy) is 1. The van der Waals surface area contributed by atoms with Gasteiger partial charge < -0.3 is 4.74 Å².